The van der Waals surface area contributed by atoms with Crippen molar-refractivity contribution in [2.45, 2.75) is 0 Å². The first-order chi connectivity index (χ1) is 28.7. The molecule has 0 saturated heterocycles. The van der Waals surface area contributed by atoms with E-state index in [9.17, 15) is 0 Å². The van der Waals surface area contributed by atoms with Crippen LogP contribution in [0.25, 0.3) is 120 Å². The molecule has 0 radical (unpaired) electrons. The maximum absolute atomic E-state index is 5.55. The van der Waals surface area contributed by atoms with Crippen molar-refractivity contribution in [2.24, 2.45) is 0 Å². The monoisotopic (exact) mass is 736 g/mol. The standard InChI is InChI=1S/C54H32N4/c1-3-15-37-31-50-44(28-35(37)13-1)41-18-8-10-21-47(41)57(50)48-22-11-23-49-52(48)45-29-36-14-2-4-16-38(36)32-51(45)58(49)54-55-46-20-9-7-19-42(46)53(56-54)39-27-26-34-25-24-33-12-5-6-17-40(33)43(34)30-39/h1-32H. The molecule has 3 heterocycles. The molecular weight excluding hydrogens is 705 g/mol. The average molecular weight is 737 g/mol. The van der Waals surface area contributed by atoms with Gasteiger partial charge in [0, 0.05) is 32.5 Å². The molecule has 0 unspecified atom stereocenters. The van der Waals surface area contributed by atoms with Crippen molar-refractivity contribution < 1.29 is 0 Å². The van der Waals surface area contributed by atoms with E-state index in [0.717, 1.165) is 49.7 Å². The number of hydrogen-bond donors (Lipinski definition) is 0. The van der Waals surface area contributed by atoms with E-state index in [1.54, 1.807) is 0 Å². The Balaban J connectivity index is 1.15. The van der Waals surface area contributed by atoms with Crippen LogP contribution in [0.5, 0.6) is 0 Å². The summed E-state index contributed by atoms with van der Waals surface area (Å²) in [4.78, 5) is 10.9. The molecule has 268 valence electrons. The molecule has 0 aliphatic heterocycles. The third-order valence-electron chi connectivity index (χ3n) is 12.2. The zero-order valence-corrected chi connectivity index (χ0v) is 31.3. The normalized spacial score (nSPS) is 12.1. The van der Waals surface area contributed by atoms with Crippen molar-refractivity contribution in [1.82, 2.24) is 19.1 Å². The number of aromatic nitrogens is 4. The van der Waals surface area contributed by atoms with Crippen LogP contribution in [-0.2, 0) is 0 Å². The molecule has 4 heteroatoms. The maximum Gasteiger partial charge on any atom is 0.235 e. The summed E-state index contributed by atoms with van der Waals surface area (Å²) in [5.41, 5.74) is 8.49. The second-order valence-electron chi connectivity index (χ2n) is 15.4. The lowest BCUT2D eigenvalue weighted by atomic mass is 9.98. The van der Waals surface area contributed by atoms with Gasteiger partial charge < -0.3 is 4.57 Å². The molecule has 3 aromatic heterocycles. The van der Waals surface area contributed by atoms with Crippen LogP contribution >= 0.6 is 0 Å². The van der Waals surface area contributed by atoms with Crippen LogP contribution < -0.4 is 0 Å². The summed E-state index contributed by atoms with van der Waals surface area (Å²) in [6.45, 7) is 0. The van der Waals surface area contributed by atoms with Crippen LogP contribution in [0.2, 0.25) is 0 Å². The van der Waals surface area contributed by atoms with Crippen molar-refractivity contribution in [3.8, 4) is 22.9 Å². The Hall–Kier alpha value is -7.82. The van der Waals surface area contributed by atoms with Gasteiger partial charge in [-0.3, -0.25) is 4.57 Å². The van der Waals surface area contributed by atoms with E-state index in [-0.39, 0.29) is 0 Å². The Kier molecular flexibility index (Phi) is 6.41. The molecule has 0 atom stereocenters. The minimum absolute atomic E-state index is 0.646. The average Bonchev–Trinajstić information content (AvgIpc) is 3.78. The highest BCUT2D eigenvalue weighted by Crippen LogP contribution is 2.42. The number of benzene rings is 10. The van der Waals surface area contributed by atoms with Gasteiger partial charge in [-0.05, 0) is 97.7 Å². The van der Waals surface area contributed by atoms with Crippen molar-refractivity contribution >= 4 is 97.6 Å². The molecule has 0 saturated carbocycles. The third kappa shape index (κ3) is 4.45. The smallest absolute Gasteiger partial charge is 0.235 e. The SMILES string of the molecule is c1ccc2cc3c(cc2c1)c1ccccc1n3-c1cccc2c1c1cc3ccccc3cc1n2-c1nc(-c2ccc3ccc4ccccc4c3c2)c2ccccc2n1. The lowest BCUT2D eigenvalue weighted by Crippen LogP contribution is -2.03. The van der Waals surface area contributed by atoms with E-state index in [1.807, 2.05) is 0 Å². The molecular formula is C54H32N4. The Morgan fingerprint density at radius 2 is 0.879 bits per heavy atom. The first-order valence-electron chi connectivity index (χ1n) is 19.8. The fraction of sp³-hybridized carbons (Fsp3) is 0. The topological polar surface area (TPSA) is 35.6 Å². The largest absolute Gasteiger partial charge is 0.309 e. The van der Waals surface area contributed by atoms with Crippen molar-refractivity contribution in [2.75, 3.05) is 0 Å². The summed E-state index contributed by atoms with van der Waals surface area (Å²) in [6.07, 6.45) is 0. The van der Waals surface area contributed by atoms with Crippen molar-refractivity contribution in [3.63, 3.8) is 0 Å². The maximum atomic E-state index is 5.55. The number of para-hydroxylation sites is 2. The number of rotatable bonds is 3. The van der Waals surface area contributed by atoms with E-state index in [1.165, 1.54) is 64.9 Å². The van der Waals surface area contributed by atoms with E-state index in [0.29, 0.717) is 5.95 Å². The lowest BCUT2D eigenvalue weighted by molar-refractivity contribution is 1.01. The lowest BCUT2D eigenvalue weighted by Gasteiger charge is -2.13. The minimum atomic E-state index is 0.646. The fourth-order valence-corrected chi connectivity index (χ4v) is 9.58. The van der Waals surface area contributed by atoms with Gasteiger partial charge >= 0.3 is 0 Å². The van der Waals surface area contributed by atoms with Gasteiger partial charge in [0.25, 0.3) is 0 Å². The van der Waals surface area contributed by atoms with Gasteiger partial charge in [-0.25, -0.2) is 9.97 Å². The summed E-state index contributed by atoms with van der Waals surface area (Å²) in [5, 5.41) is 15.5. The molecule has 13 aromatic rings. The highest BCUT2D eigenvalue weighted by molar-refractivity contribution is 6.20. The van der Waals surface area contributed by atoms with Gasteiger partial charge in [0.1, 0.15) is 0 Å². The van der Waals surface area contributed by atoms with Crippen molar-refractivity contribution in [3.05, 3.63) is 194 Å². The molecule has 0 aliphatic carbocycles. The van der Waals surface area contributed by atoms with E-state index < -0.39 is 0 Å². The summed E-state index contributed by atoms with van der Waals surface area (Å²) >= 11 is 0. The van der Waals surface area contributed by atoms with Gasteiger partial charge in [-0.1, -0.05) is 140 Å². The highest BCUT2D eigenvalue weighted by Gasteiger charge is 2.23. The second kappa shape index (κ2) is 11.8. The number of nitrogens with zero attached hydrogens (tertiary/aromatic N) is 4. The first kappa shape index (κ1) is 31.4. The molecule has 0 N–H and O–H groups in total. The van der Waals surface area contributed by atoms with Gasteiger partial charge in [-0.2, -0.15) is 0 Å². The second-order valence-corrected chi connectivity index (χ2v) is 15.4. The highest BCUT2D eigenvalue weighted by atomic mass is 15.2. The van der Waals surface area contributed by atoms with Crippen LogP contribution in [0.1, 0.15) is 0 Å². The van der Waals surface area contributed by atoms with Crippen LogP contribution in [-0.4, -0.2) is 19.1 Å². The van der Waals surface area contributed by atoms with E-state index in [2.05, 4.69) is 203 Å². The molecule has 10 aromatic carbocycles. The number of fused-ring (bicyclic) bond motifs is 12. The summed E-state index contributed by atoms with van der Waals surface area (Å²) in [7, 11) is 0. The van der Waals surface area contributed by atoms with E-state index in [4.69, 9.17) is 9.97 Å². The first-order valence-corrected chi connectivity index (χ1v) is 19.8. The van der Waals surface area contributed by atoms with Crippen LogP contribution in [0.3, 0.4) is 0 Å². The van der Waals surface area contributed by atoms with Crippen LogP contribution in [0.4, 0.5) is 0 Å². The Labute approximate surface area is 332 Å². The summed E-state index contributed by atoms with van der Waals surface area (Å²) < 4.78 is 4.75. The molecule has 0 bridgehead atoms. The molecule has 0 fully saturated rings. The fourth-order valence-electron chi connectivity index (χ4n) is 9.58. The van der Waals surface area contributed by atoms with Crippen LogP contribution in [0.15, 0.2) is 194 Å². The third-order valence-corrected chi connectivity index (χ3v) is 12.2. The van der Waals surface area contributed by atoms with E-state index >= 15 is 0 Å². The summed E-state index contributed by atoms with van der Waals surface area (Å²) in [5.74, 6) is 0.646. The predicted molar refractivity (Wildman–Crippen MR) is 244 cm³/mol. The number of hydrogen-bond acceptors (Lipinski definition) is 2. The zero-order valence-electron chi connectivity index (χ0n) is 31.3. The van der Waals surface area contributed by atoms with Gasteiger partial charge in [0.05, 0.1) is 39.0 Å². The zero-order chi connectivity index (χ0) is 37.9. The van der Waals surface area contributed by atoms with Gasteiger partial charge in [-0.15, -0.1) is 0 Å². The Morgan fingerprint density at radius 1 is 0.310 bits per heavy atom. The van der Waals surface area contributed by atoms with Gasteiger partial charge in [0.15, 0.2) is 0 Å². The predicted octanol–water partition coefficient (Wildman–Crippen LogP) is 14.1. The Bertz CT molecular complexity index is 3870. The van der Waals surface area contributed by atoms with Crippen molar-refractivity contribution in [1.29, 1.82) is 0 Å². The molecule has 0 spiro atoms. The van der Waals surface area contributed by atoms with Gasteiger partial charge in [0.2, 0.25) is 5.95 Å². The molecule has 0 aliphatic rings. The minimum Gasteiger partial charge on any atom is -0.309 e. The molecule has 0 amide bonds. The Morgan fingerprint density at radius 3 is 1.66 bits per heavy atom. The quantitative estimate of drug-likeness (QED) is 0.169. The molecule has 58 heavy (non-hydrogen) atoms. The molecule has 13 rings (SSSR count). The summed E-state index contributed by atoms with van der Waals surface area (Å²) in [6, 6.07) is 70.3. The molecule has 4 nitrogen and oxygen atoms in total. The van der Waals surface area contributed by atoms with Crippen LogP contribution in [0, 0.1) is 0 Å².